The molecule has 0 aliphatic carbocycles. The van der Waals surface area contributed by atoms with Crippen molar-refractivity contribution in [3.05, 3.63) is 65.0 Å². The summed E-state index contributed by atoms with van der Waals surface area (Å²) in [6.45, 7) is 6.94. The van der Waals surface area contributed by atoms with Crippen molar-refractivity contribution in [3.8, 4) is 0 Å². The van der Waals surface area contributed by atoms with E-state index in [0.717, 1.165) is 11.1 Å². The molecular formula is C14H14ClF. The van der Waals surface area contributed by atoms with Crippen molar-refractivity contribution in [1.29, 1.82) is 0 Å². The van der Waals surface area contributed by atoms with Gasteiger partial charge < -0.3 is 0 Å². The zero-order chi connectivity index (χ0) is 12.1. The third-order valence-electron chi connectivity index (χ3n) is 2.21. The predicted octanol–water partition coefficient (Wildman–Crippen LogP) is 5.00. The van der Waals surface area contributed by atoms with Gasteiger partial charge in [-0.3, -0.25) is 0 Å². The van der Waals surface area contributed by atoms with E-state index in [-0.39, 0.29) is 5.83 Å². The van der Waals surface area contributed by atoms with Gasteiger partial charge in [0.05, 0.1) is 0 Å². The van der Waals surface area contributed by atoms with Crippen LogP contribution in [0.2, 0.25) is 0 Å². The van der Waals surface area contributed by atoms with Gasteiger partial charge in [-0.25, -0.2) is 4.39 Å². The molecule has 0 aliphatic heterocycles. The lowest BCUT2D eigenvalue weighted by Crippen LogP contribution is -1.84. The summed E-state index contributed by atoms with van der Waals surface area (Å²) in [4.78, 5) is 0. The van der Waals surface area contributed by atoms with Crippen molar-refractivity contribution in [2.24, 2.45) is 0 Å². The molecule has 0 amide bonds. The van der Waals surface area contributed by atoms with Crippen LogP contribution in [0.15, 0.2) is 53.9 Å². The minimum absolute atomic E-state index is 0.260. The van der Waals surface area contributed by atoms with Gasteiger partial charge in [-0.1, -0.05) is 54.1 Å². The van der Waals surface area contributed by atoms with Gasteiger partial charge in [0.15, 0.2) is 0 Å². The first-order valence-electron chi connectivity index (χ1n) is 4.97. The SMILES string of the molecule is C=C/C(Cl)=C\C(=C(/C)F)c1ccc(C)cc1. The zero-order valence-corrected chi connectivity index (χ0v) is 10.2. The van der Waals surface area contributed by atoms with Crippen molar-refractivity contribution >= 4 is 17.2 Å². The molecule has 0 fully saturated rings. The van der Waals surface area contributed by atoms with E-state index >= 15 is 0 Å². The number of benzene rings is 1. The van der Waals surface area contributed by atoms with Crippen LogP contribution in [0.5, 0.6) is 0 Å². The third kappa shape index (κ3) is 3.35. The van der Waals surface area contributed by atoms with Crippen molar-refractivity contribution in [3.63, 3.8) is 0 Å². The van der Waals surface area contributed by atoms with Gasteiger partial charge in [0, 0.05) is 10.6 Å². The van der Waals surface area contributed by atoms with E-state index in [1.165, 1.54) is 13.0 Å². The quantitative estimate of drug-likeness (QED) is 0.648. The molecule has 0 radical (unpaired) electrons. The Balaban J connectivity index is 3.20. The highest BCUT2D eigenvalue weighted by atomic mass is 35.5. The highest BCUT2D eigenvalue weighted by Crippen LogP contribution is 2.24. The molecule has 0 spiro atoms. The van der Waals surface area contributed by atoms with Crippen LogP contribution < -0.4 is 0 Å². The minimum atomic E-state index is -0.260. The van der Waals surface area contributed by atoms with Gasteiger partial charge in [0.1, 0.15) is 5.83 Å². The van der Waals surface area contributed by atoms with Gasteiger partial charge in [-0.2, -0.15) is 0 Å². The van der Waals surface area contributed by atoms with Gasteiger partial charge in [-0.05, 0) is 25.5 Å². The Morgan fingerprint density at radius 3 is 2.31 bits per heavy atom. The Bertz CT molecular complexity index is 434. The van der Waals surface area contributed by atoms with Gasteiger partial charge in [-0.15, -0.1) is 0 Å². The average molecular weight is 237 g/mol. The molecule has 0 nitrogen and oxygen atoms in total. The van der Waals surface area contributed by atoms with Gasteiger partial charge in [0.25, 0.3) is 0 Å². The maximum absolute atomic E-state index is 13.4. The van der Waals surface area contributed by atoms with Gasteiger partial charge >= 0.3 is 0 Å². The average Bonchev–Trinajstić information content (AvgIpc) is 2.26. The van der Waals surface area contributed by atoms with Crippen LogP contribution in [-0.4, -0.2) is 0 Å². The summed E-state index contributed by atoms with van der Waals surface area (Å²) < 4.78 is 13.4. The third-order valence-corrected chi connectivity index (χ3v) is 2.47. The standard InChI is InChI=1S/C14H14ClF/c1-4-13(15)9-14(11(3)16)12-7-5-10(2)6-8-12/h4-9H,1H2,2-3H3/b13-9+,14-11-. The van der Waals surface area contributed by atoms with Crippen LogP contribution in [0.1, 0.15) is 18.1 Å². The predicted molar refractivity (Wildman–Crippen MR) is 69.0 cm³/mol. The summed E-state index contributed by atoms with van der Waals surface area (Å²) >= 11 is 5.83. The molecule has 0 aliphatic rings. The second-order valence-electron chi connectivity index (χ2n) is 3.55. The summed E-state index contributed by atoms with van der Waals surface area (Å²) in [6, 6.07) is 7.62. The number of hydrogen-bond acceptors (Lipinski definition) is 0. The highest BCUT2D eigenvalue weighted by molar-refractivity contribution is 6.31. The Labute approximate surface area is 101 Å². The van der Waals surface area contributed by atoms with Crippen LogP contribution in [-0.2, 0) is 0 Å². The summed E-state index contributed by atoms with van der Waals surface area (Å²) in [5, 5.41) is 0.424. The summed E-state index contributed by atoms with van der Waals surface area (Å²) in [5.41, 5.74) is 2.44. The molecule has 0 heterocycles. The monoisotopic (exact) mass is 236 g/mol. The first-order chi connectivity index (χ1) is 7.54. The summed E-state index contributed by atoms with van der Waals surface area (Å²) in [6.07, 6.45) is 3.06. The molecule has 0 bridgehead atoms. The van der Waals surface area contributed by atoms with Crippen LogP contribution in [0, 0.1) is 6.92 Å². The van der Waals surface area contributed by atoms with Crippen LogP contribution >= 0.6 is 11.6 Å². The number of halogens is 2. The van der Waals surface area contributed by atoms with Gasteiger partial charge in [0.2, 0.25) is 0 Å². The lowest BCUT2D eigenvalue weighted by Gasteiger charge is -2.04. The molecule has 84 valence electrons. The first-order valence-corrected chi connectivity index (χ1v) is 5.35. The Hall–Kier alpha value is -1.34. The van der Waals surface area contributed by atoms with E-state index in [2.05, 4.69) is 6.58 Å². The van der Waals surface area contributed by atoms with Crippen molar-refractivity contribution in [2.75, 3.05) is 0 Å². The molecule has 2 heteroatoms. The van der Waals surface area contributed by atoms with Crippen LogP contribution in [0.4, 0.5) is 4.39 Å². The number of aryl methyl sites for hydroxylation is 1. The lowest BCUT2D eigenvalue weighted by atomic mass is 10.0. The van der Waals surface area contributed by atoms with E-state index in [9.17, 15) is 4.39 Å². The fourth-order valence-electron chi connectivity index (χ4n) is 1.31. The minimum Gasteiger partial charge on any atom is -0.211 e. The molecule has 0 saturated heterocycles. The first kappa shape index (κ1) is 12.7. The van der Waals surface area contributed by atoms with E-state index in [1.807, 2.05) is 31.2 Å². The molecule has 0 saturated carbocycles. The second kappa shape index (κ2) is 5.66. The molecule has 1 aromatic rings. The van der Waals surface area contributed by atoms with E-state index in [0.29, 0.717) is 10.6 Å². The molecule has 1 rings (SSSR count). The Morgan fingerprint density at radius 2 is 1.88 bits per heavy atom. The van der Waals surface area contributed by atoms with Crippen molar-refractivity contribution in [1.82, 2.24) is 0 Å². The zero-order valence-electron chi connectivity index (χ0n) is 9.43. The van der Waals surface area contributed by atoms with E-state index in [1.54, 1.807) is 6.08 Å². The topological polar surface area (TPSA) is 0 Å². The number of rotatable bonds is 3. The van der Waals surface area contributed by atoms with Crippen LogP contribution in [0.25, 0.3) is 5.57 Å². The van der Waals surface area contributed by atoms with Crippen molar-refractivity contribution < 1.29 is 4.39 Å². The largest absolute Gasteiger partial charge is 0.211 e. The molecule has 0 atom stereocenters. The molecule has 0 aromatic heterocycles. The molecule has 0 N–H and O–H groups in total. The summed E-state index contributed by atoms with van der Waals surface area (Å²) in [7, 11) is 0. The second-order valence-corrected chi connectivity index (χ2v) is 3.98. The smallest absolute Gasteiger partial charge is 0.105 e. The Morgan fingerprint density at radius 1 is 1.31 bits per heavy atom. The molecule has 0 unspecified atom stereocenters. The molecule has 16 heavy (non-hydrogen) atoms. The number of hydrogen-bond donors (Lipinski definition) is 0. The van der Waals surface area contributed by atoms with E-state index in [4.69, 9.17) is 11.6 Å². The maximum Gasteiger partial charge on any atom is 0.105 e. The maximum atomic E-state index is 13.4. The lowest BCUT2D eigenvalue weighted by molar-refractivity contribution is 0.645. The fraction of sp³-hybridized carbons (Fsp3) is 0.143. The molecule has 1 aromatic carbocycles. The fourth-order valence-corrected chi connectivity index (χ4v) is 1.42. The number of allylic oxidation sites excluding steroid dienone is 5. The Kier molecular flexibility index (Phi) is 4.51. The highest BCUT2D eigenvalue weighted by Gasteiger charge is 2.03. The summed E-state index contributed by atoms with van der Waals surface area (Å²) in [5.74, 6) is -0.260. The van der Waals surface area contributed by atoms with Crippen molar-refractivity contribution in [2.45, 2.75) is 13.8 Å². The van der Waals surface area contributed by atoms with Crippen LogP contribution in [0.3, 0.4) is 0 Å². The van der Waals surface area contributed by atoms with E-state index < -0.39 is 0 Å². The molecular weight excluding hydrogens is 223 g/mol. The normalized spacial score (nSPS) is 13.4.